The number of fused-ring (bicyclic) bond motifs is 1. The molecular formula is C17H14N6O2S2. The zero-order chi connectivity index (χ0) is 18.6. The lowest BCUT2D eigenvalue weighted by Crippen LogP contribution is -2.13. The van der Waals surface area contributed by atoms with Crippen LogP contribution in [0, 0.1) is 0 Å². The second-order valence-electron chi connectivity index (χ2n) is 5.54. The quantitative estimate of drug-likeness (QED) is 0.371. The van der Waals surface area contributed by atoms with E-state index >= 15 is 0 Å². The number of aromatic amines is 2. The van der Waals surface area contributed by atoms with E-state index in [0.717, 1.165) is 5.69 Å². The first-order valence-corrected chi connectivity index (χ1v) is 9.76. The summed E-state index contributed by atoms with van der Waals surface area (Å²) in [5.41, 5.74) is 2.61. The lowest BCUT2D eigenvalue weighted by Gasteiger charge is -2.04. The summed E-state index contributed by atoms with van der Waals surface area (Å²) in [7, 11) is 0. The number of nitrogens with zero attached hydrogens (tertiary/aromatic N) is 2. The number of benzene rings is 2. The number of amides is 1. The van der Waals surface area contributed by atoms with Crippen molar-refractivity contribution in [3.8, 4) is 0 Å². The fourth-order valence-corrected chi connectivity index (χ4v) is 3.97. The van der Waals surface area contributed by atoms with Crippen molar-refractivity contribution in [1.29, 1.82) is 0 Å². The minimum absolute atomic E-state index is 0.162. The van der Waals surface area contributed by atoms with Gasteiger partial charge in [-0.3, -0.25) is 4.79 Å². The summed E-state index contributed by atoms with van der Waals surface area (Å²) in [4.78, 5) is 28.8. The van der Waals surface area contributed by atoms with Crippen LogP contribution in [0.5, 0.6) is 0 Å². The van der Waals surface area contributed by atoms with Crippen molar-refractivity contribution < 1.29 is 4.79 Å². The first-order valence-electron chi connectivity index (χ1n) is 7.96. The fourth-order valence-electron chi connectivity index (χ4n) is 2.40. The van der Waals surface area contributed by atoms with Gasteiger partial charge in [-0.05, 0) is 30.3 Å². The van der Waals surface area contributed by atoms with Crippen LogP contribution in [-0.4, -0.2) is 31.8 Å². The zero-order valence-electron chi connectivity index (χ0n) is 13.9. The van der Waals surface area contributed by atoms with Gasteiger partial charge in [-0.25, -0.2) is 4.79 Å². The molecule has 0 atom stereocenters. The molecule has 0 saturated heterocycles. The van der Waals surface area contributed by atoms with Crippen LogP contribution in [0.25, 0.3) is 11.0 Å². The third kappa shape index (κ3) is 4.36. The molecule has 2 heterocycles. The lowest BCUT2D eigenvalue weighted by molar-refractivity contribution is -0.113. The summed E-state index contributed by atoms with van der Waals surface area (Å²) in [5, 5.41) is 14.8. The Labute approximate surface area is 161 Å². The molecule has 0 fully saturated rings. The maximum Gasteiger partial charge on any atom is 0.323 e. The first kappa shape index (κ1) is 17.3. The van der Waals surface area contributed by atoms with Crippen molar-refractivity contribution in [2.75, 3.05) is 16.4 Å². The number of rotatable bonds is 6. The molecule has 10 heteroatoms. The van der Waals surface area contributed by atoms with Crippen molar-refractivity contribution in [2.45, 2.75) is 4.34 Å². The molecule has 0 aliphatic rings. The highest BCUT2D eigenvalue weighted by molar-refractivity contribution is 8.01. The van der Waals surface area contributed by atoms with E-state index in [1.807, 2.05) is 30.3 Å². The van der Waals surface area contributed by atoms with Crippen LogP contribution in [-0.2, 0) is 4.79 Å². The van der Waals surface area contributed by atoms with E-state index in [-0.39, 0.29) is 17.3 Å². The third-order valence-electron chi connectivity index (χ3n) is 3.56. The maximum absolute atomic E-state index is 12.2. The first-order chi connectivity index (χ1) is 13.2. The predicted molar refractivity (Wildman–Crippen MR) is 108 cm³/mol. The molecule has 1 amide bonds. The van der Waals surface area contributed by atoms with Crippen LogP contribution in [0.3, 0.4) is 0 Å². The number of thioether (sulfide) groups is 1. The smallest absolute Gasteiger partial charge is 0.323 e. The van der Waals surface area contributed by atoms with Crippen molar-refractivity contribution in [3.05, 3.63) is 59.0 Å². The van der Waals surface area contributed by atoms with E-state index in [1.165, 1.54) is 23.1 Å². The van der Waals surface area contributed by atoms with E-state index in [2.05, 4.69) is 30.8 Å². The number of aromatic nitrogens is 4. The number of hydrogen-bond acceptors (Lipinski definition) is 7. The number of nitrogens with one attached hydrogen (secondary N) is 4. The summed E-state index contributed by atoms with van der Waals surface area (Å²) >= 11 is 2.70. The average molecular weight is 398 g/mol. The minimum Gasteiger partial charge on any atom is -0.330 e. The zero-order valence-corrected chi connectivity index (χ0v) is 15.5. The number of H-pyrrole nitrogens is 2. The van der Waals surface area contributed by atoms with Gasteiger partial charge in [-0.15, -0.1) is 10.2 Å². The molecule has 0 aliphatic heterocycles. The molecule has 0 aliphatic carbocycles. The van der Waals surface area contributed by atoms with Crippen LogP contribution >= 0.6 is 23.1 Å². The van der Waals surface area contributed by atoms with Gasteiger partial charge in [0.05, 0.1) is 16.8 Å². The fraction of sp³-hybridized carbons (Fsp3) is 0.0588. The molecule has 4 aromatic rings. The minimum atomic E-state index is -0.278. The predicted octanol–water partition coefficient (Wildman–Crippen LogP) is 3.18. The van der Waals surface area contributed by atoms with E-state index < -0.39 is 0 Å². The third-order valence-corrected chi connectivity index (χ3v) is 5.53. The Hall–Kier alpha value is -3.11. The van der Waals surface area contributed by atoms with Crippen molar-refractivity contribution in [1.82, 2.24) is 20.2 Å². The molecule has 0 radical (unpaired) electrons. The highest BCUT2D eigenvalue weighted by Gasteiger charge is 2.09. The number of para-hydroxylation sites is 1. The largest absolute Gasteiger partial charge is 0.330 e. The molecule has 4 N–H and O–H groups in total. The van der Waals surface area contributed by atoms with Crippen molar-refractivity contribution >= 4 is 56.5 Å². The Morgan fingerprint density at radius 2 is 1.85 bits per heavy atom. The monoisotopic (exact) mass is 398 g/mol. The Balaban J connectivity index is 1.32. The standard InChI is InChI=1S/C17H14N6O2S2/c24-14(18-11-6-7-12-13(8-11)21-15(25)20-12)9-26-17-23-22-16(27-17)19-10-4-2-1-3-5-10/h1-8H,9H2,(H,18,24)(H,19,22)(H2,20,21,25). The second kappa shape index (κ2) is 7.64. The Morgan fingerprint density at radius 1 is 1.04 bits per heavy atom. The van der Waals surface area contributed by atoms with Gasteiger partial charge in [0.2, 0.25) is 11.0 Å². The summed E-state index contributed by atoms with van der Waals surface area (Å²) < 4.78 is 0.703. The van der Waals surface area contributed by atoms with Gasteiger partial charge in [-0.2, -0.15) is 0 Å². The van der Waals surface area contributed by atoms with E-state index in [0.29, 0.717) is 26.2 Å². The number of carbonyl (C=O) groups excluding carboxylic acids is 1. The molecular weight excluding hydrogens is 384 g/mol. The second-order valence-corrected chi connectivity index (χ2v) is 7.74. The number of imidazole rings is 1. The van der Waals surface area contributed by atoms with Gasteiger partial charge < -0.3 is 20.6 Å². The normalized spacial score (nSPS) is 10.8. The van der Waals surface area contributed by atoms with Crippen LogP contribution in [0.4, 0.5) is 16.5 Å². The Morgan fingerprint density at radius 3 is 2.70 bits per heavy atom. The number of carbonyl (C=O) groups is 1. The van der Waals surface area contributed by atoms with Crippen LogP contribution in [0.15, 0.2) is 57.7 Å². The summed E-state index contributed by atoms with van der Waals surface area (Å²) in [5.74, 6) is 0.0479. The van der Waals surface area contributed by atoms with Crippen molar-refractivity contribution in [3.63, 3.8) is 0 Å². The molecule has 2 aromatic carbocycles. The van der Waals surface area contributed by atoms with Crippen LogP contribution in [0.2, 0.25) is 0 Å². The van der Waals surface area contributed by atoms with Gasteiger partial charge >= 0.3 is 5.69 Å². The molecule has 0 saturated carbocycles. The Kier molecular flexibility index (Phi) is 4.90. The van der Waals surface area contributed by atoms with Crippen LogP contribution < -0.4 is 16.3 Å². The molecule has 0 spiro atoms. The van der Waals surface area contributed by atoms with Gasteiger partial charge in [0.25, 0.3) is 0 Å². The highest BCUT2D eigenvalue weighted by atomic mass is 32.2. The topological polar surface area (TPSA) is 116 Å². The average Bonchev–Trinajstić information content (AvgIpc) is 3.26. The molecule has 136 valence electrons. The van der Waals surface area contributed by atoms with E-state index in [1.54, 1.807) is 18.2 Å². The van der Waals surface area contributed by atoms with Gasteiger partial charge in [0.15, 0.2) is 4.34 Å². The highest BCUT2D eigenvalue weighted by Crippen LogP contribution is 2.27. The number of hydrogen-bond donors (Lipinski definition) is 4. The van der Waals surface area contributed by atoms with Gasteiger partial charge in [-0.1, -0.05) is 41.3 Å². The molecule has 27 heavy (non-hydrogen) atoms. The summed E-state index contributed by atoms with van der Waals surface area (Å²) in [6.07, 6.45) is 0. The number of anilines is 3. The lowest BCUT2D eigenvalue weighted by atomic mass is 10.3. The SMILES string of the molecule is O=C(CSc1nnc(Nc2ccccc2)s1)Nc1ccc2[nH]c(=O)[nH]c2c1. The molecule has 0 bridgehead atoms. The molecule has 4 rings (SSSR count). The van der Waals surface area contributed by atoms with Crippen molar-refractivity contribution in [2.24, 2.45) is 0 Å². The van der Waals surface area contributed by atoms with E-state index in [4.69, 9.17) is 0 Å². The molecule has 8 nitrogen and oxygen atoms in total. The Bertz CT molecular complexity index is 1140. The summed E-state index contributed by atoms with van der Waals surface area (Å²) in [6.45, 7) is 0. The summed E-state index contributed by atoms with van der Waals surface area (Å²) in [6, 6.07) is 14.9. The molecule has 2 aromatic heterocycles. The van der Waals surface area contributed by atoms with E-state index in [9.17, 15) is 9.59 Å². The maximum atomic E-state index is 12.2. The van der Waals surface area contributed by atoms with Gasteiger partial charge in [0, 0.05) is 11.4 Å². The van der Waals surface area contributed by atoms with Gasteiger partial charge in [0.1, 0.15) is 0 Å². The van der Waals surface area contributed by atoms with Crippen LogP contribution in [0.1, 0.15) is 0 Å². The molecule has 0 unspecified atom stereocenters.